The molecule has 3 nitrogen and oxygen atoms in total. The van der Waals surface area contributed by atoms with Gasteiger partial charge in [-0.2, -0.15) is 0 Å². The fourth-order valence-corrected chi connectivity index (χ4v) is 5.22. The van der Waals surface area contributed by atoms with Gasteiger partial charge in [0.25, 0.3) is 5.91 Å². The zero-order chi connectivity index (χ0) is 19.8. The summed E-state index contributed by atoms with van der Waals surface area (Å²) in [6.07, 6.45) is 9.80. The fraction of sp³-hybridized carbons (Fsp3) is 0.542. The van der Waals surface area contributed by atoms with Gasteiger partial charge in [-0.3, -0.25) is 9.69 Å². The van der Waals surface area contributed by atoms with E-state index in [0.717, 1.165) is 43.0 Å². The van der Waals surface area contributed by atoms with E-state index < -0.39 is 0 Å². The van der Waals surface area contributed by atoms with Gasteiger partial charge in [0, 0.05) is 22.5 Å². The molecule has 1 N–H and O–H groups in total. The predicted molar refractivity (Wildman–Crippen MR) is 120 cm³/mol. The van der Waals surface area contributed by atoms with Crippen molar-refractivity contribution in [2.24, 2.45) is 0 Å². The number of hydrogen-bond donors (Lipinski definition) is 1. The van der Waals surface area contributed by atoms with E-state index in [-0.39, 0.29) is 5.91 Å². The van der Waals surface area contributed by atoms with Crippen LogP contribution in [-0.2, 0) is 19.4 Å². The van der Waals surface area contributed by atoms with Crippen molar-refractivity contribution in [1.82, 2.24) is 4.90 Å². The van der Waals surface area contributed by atoms with Gasteiger partial charge in [-0.1, -0.05) is 44.9 Å². The lowest BCUT2D eigenvalue weighted by Crippen LogP contribution is -2.26. The predicted octanol–water partition coefficient (Wildman–Crippen LogP) is 6.28. The SMILES string of the molecule is CCCCN(CCCC)Cc1c(NC(=O)c2ccccc2)sc2c1CCCC2. The Kier molecular flexibility index (Phi) is 8.11. The highest BCUT2D eigenvalue weighted by Gasteiger charge is 2.23. The van der Waals surface area contributed by atoms with Crippen molar-refractivity contribution in [2.45, 2.75) is 71.8 Å². The highest BCUT2D eigenvalue weighted by molar-refractivity contribution is 7.16. The van der Waals surface area contributed by atoms with Crippen LogP contribution in [0.5, 0.6) is 0 Å². The third-order valence-electron chi connectivity index (χ3n) is 5.58. The molecule has 0 spiro atoms. The zero-order valence-corrected chi connectivity index (χ0v) is 18.2. The van der Waals surface area contributed by atoms with Gasteiger partial charge in [0.2, 0.25) is 0 Å². The molecule has 0 bridgehead atoms. The minimum Gasteiger partial charge on any atom is -0.313 e. The molecule has 1 aliphatic rings. The third-order valence-corrected chi connectivity index (χ3v) is 6.83. The number of anilines is 1. The Morgan fingerprint density at radius 3 is 2.39 bits per heavy atom. The Morgan fingerprint density at radius 1 is 1.04 bits per heavy atom. The number of amides is 1. The summed E-state index contributed by atoms with van der Waals surface area (Å²) in [5, 5.41) is 4.34. The van der Waals surface area contributed by atoms with Crippen LogP contribution in [0, 0.1) is 0 Å². The second kappa shape index (κ2) is 10.8. The maximum absolute atomic E-state index is 12.8. The van der Waals surface area contributed by atoms with Gasteiger partial charge in [-0.15, -0.1) is 11.3 Å². The van der Waals surface area contributed by atoms with Crippen LogP contribution in [-0.4, -0.2) is 23.9 Å². The van der Waals surface area contributed by atoms with Crippen molar-refractivity contribution < 1.29 is 4.79 Å². The number of hydrogen-bond acceptors (Lipinski definition) is 3. The number of carbonyl (C=O) groups is 1. The van der Waals surface area contributed by atoms with E-state index >= 15 is 0 Å². The second-order valence-corrected chi connectivity index (χ2v) is 8.93. The second-order valence-electron chi connectivity index (χ2n) is 7.82. The molecule has 1 aromatic heterocycles. The van der Waals surface area contributed by atoms with Crippen LogP contribution in [0.15, 0.2) is 30.3 Å². The number of nitrogens with one attached hydrogen (secondary N) is 1. The maximum Gasteiger partial charge on any atom is 0.256 e. The molecule has 1 aromatic carbocycles. The standard InChI is InChI=1S/C24H34N2OS/c1-3-5-16-26(17-6-4-2)18-21-20-14-10-11-15-22(20)28-24(21)25-23(27)19-12-8-7-9-13-19/h7-9,12-13H,3-6,10-11,14-18H2,1-2H3,(H,25,27). The van der Waals surface area contributed by atoms with Crippen molar-refractivity contribution in [3.05, 3.63) is 51.9 Å². The lowest BCUT2D eigenvalue weighted by molar-refractivity contribution is 0.102. The first-order valence-electron chi connectivity index (χ1n) is 10.9. The van der Waals surface area contributed by atoms with E-state index in [0.29, 0.717) is 0 Å². The van der Waals surface area contributed by atoms with Crippen molar-refractivity contribution in [2.75, 3.05) is 18.4 Å². The van der Waals surface area contributed by atoms with Crippen LogP contribution < -0.4 is 5.32 Å². The molecule has 3 rings (SSSR count). The van der Waals surface area contributed by atoms with Gasteiger partial charge < -0.3 is 5.32 Å². The molecule has 4 heteroatoms. The Balaban J connectivity index is 1.83. The monoisotopic (exact) mass is 398 g/mol. The lowest BCUT2D eigenvalue weighted by atomic mass is 9.95. The minimum atomic E-state index is 0.00844. The van der Waals surface area contributed by atoms with Crippen molar-refractivity contribution in [3.8, 4) is 0 Å². The topological polar surface area (TPSA) is 32.3 Å². The summed E-state index contributed by atoms with van der Waals surface area (Å²) < 4.78 is 0. The van der Waals surface area contributed by atoms with Gasteiger partial charge >= 0.3 is 0 Å². The van der Waals surface area contributed by atoms with Crippen molar-refractivity contribution in [1.29, 1.82) is 0 Å². The minimum absolute atomic E-state index is 0.00844. The first kappa shape index (κ1) is 21.1. The van der Waals surface area contributed by atoms with Gasteiger partial charge in [0.05, 0.1) is 0 Å². The summed E-state index contributed by atoms with van der Waals surface area (Å²) in [6.45, 7) is 7.78. The van der Waals surface area contributed by atoms with Gasteiger partial charge in [-0.25, -0.2) is 0 Å². The molecule has 0 radical (unpaired) electrons. The molecule has 0 fully saturated rings. The summed E-state index contributed by atoms with van der Waals surface area (Å²) in [5.74, 6) is 0.00844. The molecule has 0 atom stereocenters. The number of benzene rings is 1. The summed E-state index contributed by atoms with van der Waals surface area (Å²) in [5.41, 5.74) is 3.64. The number of nitrogens with zero attached hydrogens (tertiary/aromatic N) is 1. The molecular weight excluding hydrogens is 364 g/mol. The molecule has 1 amide bonds. The van der Waals surface area contributed by atoms with Gasteiger partial charge in [0.15, 0.2) is 0 Å². The Bertz CT molecular complexity index is 745. The Hall–Kier alpha value is -1.65. The molecule has 0 saturated heterocycles. The fourth-order valence-electron chi connectivity index (χ4n) is 3.92. The number of carbonyl (C=O) groups excluding carboxylic acids is 1. The molecule has 1 heterocycles. The summed E-state index contributed by atoms with van der Waals surface area (Å²) in [4.78, 5) is 16.9. The molecule has 0 aliphatic heterocycles. The molecule has 152 valence electrons. The molecule has 1 aliphatic carbocycles. The Morgan fingerprint density at radius 2 is 1.71 bits per heavy atom. The highest BCUT2D eigenvalue weighted by Crippen LogP contribution is 2.39. The number of thiophene rings is 1. The quantitative estimate of drug-likeness (QED) is 0.511. The molecule has 0 unspecified atom stereocenters. The van der Waals surface area contributed by atoms with E-state index in [2.05, 4.69) is 24.1 Å². The number of unbranched alkanes of at least 4 members (excludes halogenated alkanes) is 2. The average Bonchev–Trinajstić information content (AvgIpc) is 3.07. The normalized spacial score (nSPS) is 13.5. The molecule has 0 saturated carbocycles. The number of fused-ring (bicyclic) bond motifs is 1. The Labute approximate surface area is 174 Å². The summed E-state index contributed by atoms with van der Waals surface area (Å²) in [7, 11) is 0. The largest absolute Gasteiger partial charge is 0.313 e. The van der Waals surface area contributed by atoms with E-state index in [4.69, 9.17) is 0 Å². The van der Waals surface area contributed by atoms with Crippen molar-refractivity contribution in [3.63, 3.8) is 0 Å². The van der Waals surface area contributed by atoms with Crippen LogP contribution in [0.1, 0.15) is 78.7 Å². The lowest BCUT2D eigenvalue weighted by Gasteiger charge is -2.24. The number of aryl methyl sites for hydroxylation is 1. The average molecular weight is 399 g/mol. The summed E-state index contributed by atoms with van der Waals surface area (Å²) in [6, 6.07) is 9.57. The first-order chi connectivity index (χ1) is 13.7. The van der Waals surface area contributed by atoms with Crippen LogP contribution >= 0.6 is 11.3 Å². The highest BCUT2D eigenvalue weighted by atomic mass is 32.1. The first-order valence-corrected chi connectivity index (χ1v) is 11.8. The van der Waals surface area contributed by atoms with E-state index in [1.165, 1.54) is 54.5 Å². The van der Waals surface area contributed by atoms with Crippen LogP contribution in [0.25, 0.3) is 0 Å². The van der Waals surface area contributed by atoms with Crippen molar-refractivity contribution >= 4 is 22.2 Å². The maximum atomic E-state index is 12.8. The molecular formula is C24H34N2OS. The van der Waals surface area contributed by atoms with Crippen LogP contribution in [0.3, 0.4) is 0 Å². The zero-order valence-electron chi connectivity index (χ0n) is 17.4. The molecule has 2 aromatic rings. The van der Waals surface area contributed by atoms with Crippen LogP contribution in [0.4, 0.5) is 5.00 Å². The summed E-state index contributed by atoms with van der Waals surface area (Å²) >= 11 is 1.82. The third kappa shape index (κ3) is 5.45. The van der Waals surface area contributed by atoms with E-state index in [1.54, 1.807) is 0 Å². The van der Waals surface area contributed by atoms with Crippen LogP contribution in [0.2, 0.25) is 0 Å². The van der Waals surface area contributed by atoms with Gasteiger partial charge in [0.1, 0.15) is 5.00 Å². The van der Waals surface area contributed by atoms with E-state index in [1.807, 2.05) is 41.7 Å². The smallest absolute Gasteiger partial charge is 0.256 e. The van der Waals surface area contributed by atoms with E-state index in [9.17, 15) is 4.79 Å². The number of rotatable bonds is 10. The molecule has 28 heavy (non-hydrogen) atoms. The van der Waals surface area contributed by atoms with Gasteiger partial charge in [-0.05, 0) is 69.3 Å².